The summed E-state index contributed by atoms with van der Waals surface area (Å²) < 4.78 is 25.7. The van der Waals surface area contributed by atoms with Gasteiger partial charge in [-0.1, -0.05) is 33.6 Å². The summed E-state index contributed by atoms with van der Waals surface area (Å²) in [5, 5.41) is 8.00. The Bertz CT molecular complexity index is 818. The van der Waals surface area contributed by atoms with Crippen LogP contribution in [-0.4, -0.2) is 10.2 Å². The Morgan fingerprint density at radius 3 is 2.57 bits per heavy atom. The molecule has 0 fully saturated rings. The molecule has 3 aromatic rings. The first kappa shape index (κ1) is 15.7. The van der Waals surface area contributed by atoms with Crippen molar-refractivity contribution in [3.05, 3.63) is 64.2 Å². The Morgan fingerprint density at radius 2 is 1.87 bits per heavy atom. The second-order valence-electron chi connectivity index (χ2n) is 5.15. The summed E-state index contributed by atoms with van der Waals surface area (Å²) in [6.07, 6.45) is -0.558. The summed E-state index contributed by atoms with van der Waals surface area (Å²) in [4.78, 5) is 0. The molecule has 6 heteroatoms. The number of halogens is 2. The van der Waals surface area contributed by atoms with Crippen LogP contribution in [0.2, 0.25) is 0 Å². The fourth-order valence-electron chi connectivity index (χ4n) is 2.02. The van der Waals surface area contributed by atoms with Gasteiger partial charge in [-0.05, 0) is 44.2 Å². The van der Waals surface area contributed by atoms with E-state index in [0.717, 1.165) is 11.1 Å². The number of hydrogen-bond donors (Lipinski definition) is 0. The van der Waals surface area contributed by atoms with Gasteiger partial charge in [0.05, 0.1) is 0 Å². The zero-order valence-electron chi connectivity index (χ0n) is 12.6. The first-order chi connectivity index (χ1) is 11.0. The van der Waals surface area contributed by atoms with E-state index in [0.29, 0.717) is 16.3 Å². The predicted octanol–water partition coefficient (Wildman–Crippen LogP) is 5.09. The van der Waals surface area contributed by atoms with Crippen LogP contribution in [0.25, 0.3) is 11.5 Å². The van der Waals surface area contributed by atoms with Gasteiger partial charge in [0, 0.05) is 10.0 Å². The molecule has 23 heavy (non-hydrogen) atoms. The summed E-state index contributed by atoms with van der Waals surface area (Å²) in [6, 6.07) is 12.4. The fourth-order valence-corrected chi connectivity index (χ4v) is 2.36. The van der Waals surface area contributed by atoms with Gasteiger partial charge in [-0.25, -0.2) is 4.39 Å². The highest BCUT2D eigenvalue weighted by Gasteiger charge is 2.18. The Balaban J connectivity index is 1.78. The normalized spacial score (nSPS) is 12.2. The monoisotopic (exact) mass is 376 g/mol. The molecule has 0 spiro atoms. The van der Waals surface area contributed by atoms with Crippen LogP contribution in [0.1, 0.15) is 24.5 Å². The minimum absolute atomic E-state index is 0.135. The molecule has 0 bridgehead atoms. The number of aryl methyl sites for hydroxylation is 1. The van der Waals surface area contributed by atoms with E-state index in [1.54, 1.807) is 19.1 Å². The van der Waals surface area contributed by atoms with Crippen LogP contribution < -0.4 is 4.74 Å². The Labute approximate surface area is 141 Å². The van der Waals surface area contributed by atoms with Crippen LogP contribution in [0.15, 0.2) is 51.4 Å². The van der Waals surface area contributed by atoms with Crippen molar-refractivity contribution in [2.24, 2.45) is 0 Å². The van der Waals surface area contributed by atoms with E-state index in [1.807, 2.05) is 31.2 Å². The maximum atomic E-state index is 13.8. The second-order valence-corrected chi connectivity index (χ2v) is 6.06. The minimum atomic E-state index is -0.558. The molecule has 0 aliphatic heterocycles. The molecule has 0 aliphatic carbocycles. The summed E-state index contributed by atoms with van der Waals surface area (Å²) in [5.41, 5.74) is 1.98. The van der Waals surface area contributed by atoms with Gasteiger partial charge in [-0.2, -0.15) is 0 Å². The van der Waals surface area contributed by atoms with E-state index < -0.39 is 11.9 Å². The topological polar surface area (TPSA) is 48.2 Å². The third kappa shape index (κ3) is 3.59. The molecule has 1 unspecified atom stereocenters. The molecule has 2 aromatic carbocycles. The quantitative estimate of drug-likeness (QED) is 0.636. The molecule has 1 atom stereocenters. The minimum Gasteiger partial charge on any atom is -0.478 e. The van der Waals surface area contributed by atoms with Crippen molar-refractivity contribution in [1.82, 2.24) is 10.2 Å². The van der Waals surface area contributed by atoms with Crippen molar-refractivity contribution in [1.29, 1.82) is 0 Å². The van der Waals surface area contributed by atoms with Gasteiger partial charge < -0.3 is 9.15 Å². The van der Waals surface area contributed by atoms with Gasteiger partial charge in [0.25, 0.3) is 5.89 Å². The van der Waals surface area contributed by atoms with Crippen LogP contribution >= 0.6 is 15.9 Å². The number of aromatic nitrogens is 2. The molecule has 0 amide bonds. The molecule has 0 N–H and O–H groups in total. The molecule has 1 aromatic heterocycles. The van der Waals surface area contributed by atoms with Gasteiger partial charge >= 0.3 is 0 Å². The Hall–Kier alpha value is -2.21. The lowest BCUT2D eigenvalue weighted by Gasteiger charge is -2.11. The first-order valence-corrected chi connectivity index (χ1v) is 7.84. The number of ether oxygens (including phenoxy) is 1. The number of benzene rings is 2. The van der Waals surface area contributed by atoms with E-state index in [-0.39, 0.29) is 5.75 Å². The molecule has 0 aliphatic rings. The van der Waals surface area contributed by atoms with Gasteiger partial charge in [0.15, 0.2) is 17.7 Å². The second kappa shape index (κ2) is 6.50. The van der Waals surface area contributed by atoms with Crippen molar-refractivity contribution < 1.29 is 13.5 Å². The number of hydrogen-bond acceptors (Lipinski definition) is 4. The average molecular weight is 377 g/mol. The molecular formula is C17H14BrFN2O2. The lowest BCUT2D eigenvalue weighted by molar-refractivity contribution is 0.181. The lowest BCUT2D eigenvalue weighted by atomic mass is 10.1. The number of nitrogens with zero attached hydrogens (tertiary/aromatic N) is 2. The molecule has 1 heterocycles. The van der Waals surface area contributed by atoms with Gasteiger partial charge in [0.2, 0.25) is 5.89 Å². The fraction of sp³-hybridized carbons (Fsp3) is 0.176. The predicted molar refractivity (Wildman–Crippen MR) is 87.6 cm³/mol. The van der Waals surface area contributed by atoms with Gasteiger partial charge in [-0.3, -0.25) is 0 Å². The van der Waals surface area contributed by atoms with E-state index in [1.165, 1.54) is 6.07 Å². The van der Waals surface area contributed by atoms with Crippen LogP contribution in [0.4, 0.5) is 4.39 Å². The Morgan fingerprint density at radius 1 is 1.13 bits per heavy atom. The molecule has 3 rings (SSSR count). The van der Waals surface area contributed by atoms with Gasteiger partial charge in [-0.15, -0.1) is 10.2 Å². The first-order valence-electron chi connectivity index (χ1n) is 7.05. The highest BCUT2D eigenvalue weighted by atomic mass is 79.9. The SMILES string of the molecule is Cc1ccc(-c2nnc(C(C)Oc3ccc(Br)cc3F)o2)cc1. The van der Waals surface area contributed by atoms with Crippen molar-refractivity contribution in [3.8, 4) is 17.2 Å². The van der Waals surface area contributed by atoms with E-state index >= 15 is 0 Å². The molecule has 118 valence electrons. The molecular weight excluding hydrogens is 363 g/mol. The largest absolute Gasteiger partial charge is 0.478 e. The standard InChI is InChI=1S/C17H14BrFN2O2/c1-10-3-5-12(6-4-10)17-21-20-16(23-17)11(2)22-15-8-7-13(18)9-14(15)19/h3-9,11H,1-2H3. The smallest absolute Gasteiger partial charge is 0.257 e. The summed E-state index contributed by atoms with van der Waals surface area (Å²) in [5.74, 6) is 0.384. The lowest BCUT2D eigenvalue weighted by Crippen LogP contribution is -2.04. The maximum absolute atomic E-state index is 13.8. The molecule has 0 saturated heterocycles. The van der Waals surface area contributed by atoms with Gasteiger partial charge in [0.1, 0.15) is 0 Å². The summed E-state index contributed by atoms with van der Waals surface area (Å²) >= 11 is 3.21. The zero-order chi connectivity index (χ0) is 16.4. The summed E-state index contributed by atoms with van der Waals surface area (Å²) in [7, 11) is 0. The van der Waals surface area contributed by atoms with Crippen molar-refractivity contribution in [2.75, 3.05) is 0 Å². The average Bonchev–Trinajstić information content (AvgIpc) is 3.01. The van der Waals surface area contributed by atoms with Crippen LogP contribution in [0.5, 0.6) is 5.75 Å². The highest BCUT2D eigenvalue weighted by molar-refractivity contribution is 9.10. The van der Waals surface area contributed by atoms with E-state index in [4.69, 9.17) is 9.15 Å². The van der Waals surface area contributed by atoms with Crippen molar-refractivity contribution in [2.45, 2.75) is 20.0 Å². The van der Waals surface area contributed by atoms with Crippen LogP contribution in [0.3, 0.4) is 0 Å². The van der Waals surface area contributed by atoms with E-state index in [2.05, 4.69) is 26.1 Å². The molecule has 0 radical (unpaired) electrons. The summed E-state index contributed by atoms with van der Waals surface area (Å²) in [6.45, 7) is 3.74. The molecule has 4 nitrogen and oxygen atoms in total. The third-order valence-electron chi connectivity index (χ3n) is 3.28. The Kier molecular flexibility index (Phi) is 4.43. The third-order valence-corrected chi connectivity index (χ3v) is 3.78. The van der Waals surface area contributed by atoms with E-state index in [9.17, 15) is 4.39 Å². The molecule has 0 saturated carbocycles. The maximum Gasteiger partial charge on any atom is 0.257 e. The van der Waals surface area contributed by atoms with Crippen LogP contribution in [0, 0.1) is 12.7 Å². The van der Waals surface area contributed by atoms with Crippen molar-refractivity contribution in [3.63, 3.8) is 0 Å². The van der Waals surface area contributed by atoms with Crippen LogP contribution in [-0.2, 0) is 0 Å². The highest BCUT2D eigenvalue weighted by Crippen LogP contribution is 2.27. The van der Waals surface area contributed by atoms with Crippen molar-refractivity contribution >= 4 is 15.9 Å². The number of rotatable bonds is 4. The zero-order valence-corrected chi connectivity index (χ0v) is 14.2.